The lowest BCUT2D eigenvalue weighted by Crippen LogP contribution is -1.91. The molecular weight excluding hydrogens is 1120 g/mol. The molecule has 0 atom stereocenters. The van der Waals surface area contributed by atoms with Gasteiger partial charge in [-0.05, 0) is 141 Å². The SMILES string of the molecule is c1ccc(-c2c3ccccc3c(-c3ccc4oc5c(-c6ccc(-c7ccc(-c8ccc(-c9c%10ccccc%10c(-c%10cccc%11c%10oc%10cc%12oc%13ccccc%13c%12cc%10%11)c%10ccccc9%10)cc8)cc7)cc6)cc6oc7ccccc7c6c5c4c3)c3ccccc23)cc1. The lowest BCUT2D eigenvalue weighted by molar-refractivity contribution is 0.656. The summed E-state index contributed by atoms with van der Waals surface area (Å²) in [6, 6.07) is 109. The highest BCUT2D eigenvalue weighted by molar-refractivity contribution is 6.30. The molecule has 0 fully saturated rings. The molecule has 4 nitrogen and oxygen atoms in total. The van der Waals surface area contributed by atoms with E-state index in [1.165, 1.54) is 65.3 Å². The van der Waals surface area contributed by atoms with E-state index in [9.17, 15) is 0 Å². The average molecular weight is 1170 g/mol. The maximum Gasteiger partial charge on any atom is 0.144 e. The van der Waals surface area contributed by atoms with Crippen LogP contribution in [0.5, 0.6) is 0 Å². The van der Waals surface area contributed by atoms with Crippen molar-refractivity contribution >= 4 is 131 Å². The van der Waals surface area contributed by atoms with Crippen molar-refractivity contribution < 1.29 is 17.7 Å². The molecule has 0 N–H and O–H groups in total. The molecule has 92 heavy (non-hydrogen) atoms. The Morgan fingerprint density at radius 2 is 0.543 bits per heavy atom. The smallest absolute Gasteiger partial charge is 0.144 e. The zero-order valence-electron chi connectivity index (χ0n) is 49.5. The Morgan fingerprint density at radius 3 is 1.12 bits per heavy atom. The van der Waals surface area contributed by atoms with Gasteiger partial charge in [-0.3, -0.25) is 0 Å². The number of rotatable bonds is 7. The molecule has 0 unspecified atom stereocenters. The fourth-order valence-electron chi connectivity index (χ4n) is 15.4. The first kappa shape index (κ1) is 50.7. The molecule has 0 saturated heterocycles. The van der Waals surface area contributed by atoms with E-state index in [-0.39, 0.29) is 0 Å². The quantitative estimate of drug-likeness (QED) is 0.149. The van der Waals surface area contributed by atoms with Crippen LogP contribution in [0.15, 0.2) is 321 Å². The summed E-state index contributed by atoms with van der Waals surface area (Å²) in [4.78, 5) is 0. The second kappa shape index (κ2) is 19.6. The Morgan fingerprint density at radius 1 is 0.152 bits per heavy atom. The van der Waals surface area contributed by atoms with Crippen LogP contribution in [-0.4, -0.2) is 0 Å². The summed E-state index contributed by atoms with van der Waals surface area (Å²) in [7, 11) is 0. The van der Waals surface area contributed by atoms with E-state index < -0.39 is 0 Å². The molecular formula is C88H50O4. The van der Waals surface area contributed by atoms with Crippen molar-refractivity contribution in [1.29, 1.82) is 0 Å². The van der Waals surface area contributed by atoms with Gasteiger partial charge in [-0.2, -0.15) is 0 Å². The largest absolute Gasteiger partial charge is 0.456 e. The van der Waals surface area contributed by atoms with Gasteiger partial charge in [0.05, 0.1) is 0 Å². The predicted molar refractivity (Wildman–Crippen MR) is 384 cm³/mol. The molecule has 0 aliphatic heterocycles. The van der Waals surface area contributed by atoms with Gasteiger partial charge in [0.2, 0.25) is 0 Å². The number of benzene rings is 16. The lowest BCUT2D eigenvalue weighted by atomic mass is 9.85. The van der Waals surface area contributed by atoms with Crippen LogP contribution < -0.4 is 0 Å². The highest BCUT2D eigenvalue weighted by atomic mass is 16.3. The molecule has 0 bridgehead atoms. The van der Waals surface area contributed by atoms with E-state index in [4.69, 9.17) is 17.7 Å². The molecule has 0 aliphatic rings. The molecule has 426 valence electrons. The van der Waals surface area contributed by atoms with Crippen molar-refractivity contribution in [3.05, 3.63) is 303 Å². The second-order valence-electron chi connectivity index (χ2n) is 24.4. The van der Waals surface area contributed by atoms with Crippen molar-refractivity contribution in [2.24, 2.45) is 0 Å². The molecule has 16 aromatic carbocycles. The summed E-state index contributed by atoms with van der Waals surface area (Å²) in [5, 5.41) is 18.2. The highest BCUT2D eigenvalue weighted by Crippen LogP contribution is 2.51. The number of furan rings is 4. The molecule has 0 saturated carbocycles. The summed E-state index contributed by atoms with van der Waals surface area (Å²) in [6.07, 6.45) is 0. The predicted octanol–water partition coefficient (Wildman–Crippen LogP) is 25.6. The number of para-hydroxylation sites is 3. The topological polar surface area (TPSA) is 52.6 Å². The Labute approximate surface area is 526 Å². The van der Waals surface area contributed by atoms with Gasteiger partial charge in [-0.15, -0.1) is 0 Å². The Bertz CT molecular complexity index is 6340. The maximum absolute atomic E-state index is 7.06. The summed E-state index contributed by atoms with van der Waals surface area (Å²) in [6.45, 7) is 0. The molecule has 20 aromatic rings. The minimum atomic E-state index is 0.813. The van der Waals surface area contributed by atoms with Crippen molar-refractivity contribution in [2.75, 3.05) is 0 Å². The molecule has 0 spiro atoms. The molecule has 4 heterocycles. The van der Waals surface area contributed by atoms with Crippen molar-refractivity contribution in [3.8, 4) is 77.9 Å². The van der Waals surface area contributed by atoms with Gasteiger partial charge in [-0.1, -0.05) is 261 Å². The summed E-state index contributed by atoms with van der Waals surface area (Å²) in [5.74, 6) is 0. The van der Waals surface area contributed by atoms with Gasteiger partial charge in [0.25, 0.3) is 0 Å². The van der Waals surface area contributed by atoms with Crippen LogP contribution in [0.3, 0.4) is 0 Å². The third kappa shape index (κ3) is 7.52. The lowest BCUT2D eigenvalue weighted by Gasteiger charge is -2.18. The van der Waals surface area contributed by atoms with E-state index in [1.54, 1.807) is 0 Å². The van der Waals surface area contributed by atoms with Crippen LogP contribution in [0.4, 0.5) is 0 Å². The van der Waals surface area contributed by atoms with Crippen molar-refractivity contribution in [3.63, 3.8) is 0 Å². The monoisotopic (exact) mass is 1170 g/mol. The molecule has 0 amide bonds. The van der Waals surface area contributed by atoms with Gasteiger partial charge in [-0.25, -0.2) is 0 Å². The Balaban J connectivity index is 0.641. The van der Waals surface area contributed by atoms with E-state index in [1.807, 2.05) is 18.2 Å². The van der Waals surface area contributed by atoms with E-state index >= 15 is 0 Å². The van der Waals surface area contributed by atoms with Crippen LogP contribution in [-0.2, 0) is 0 Å². The minimum absolute atomic E-state index is 0.813. The molecule has 0 aliphatic carbocycles. The van der Waals surface area contributed by atoms with Gasteiger partial charge in [0, 0.05) is 65.8 Å². The first-order valence-electron chi connectivity index (χ1n) is 31.4. The van der Waals surface area contributed by atoms with Crippen LogP contribution in [0, 0.1) is 0 Å². The van der Waals surface area contributed by atoms with Gasteiger partial charge in [0.15, 0.2) is 0 Å². The zero-order chi connectivity index (χ0) is 60.1. The van der Waals surface area contributed by atoms with Crippen LogP contribution >= 0.6 is 0 Å². The summed E-state index contributed by atoms with van der Waals surface area (Å²) < 4.78 is 27.0. The van der Waals surface area contributed by atoms with Crippen LogP contribution in [0.2, 0.25) is 0 Å². The number of fused-ring (bicyclic) bond motifs is 17. The third-order valence-corrected chi connectivity index (χ3v) is 19.5. The first-order valence-corrected chi connectivity index (χ1v) is 31.4. The average Bonchev–Trinajstić information content (AvgIpc) is 1.39. The summed E-state index contributed by atoms with van der Waals surface area (Å²) in [5.41, 5.74) is 22.8. The molecule has 20 rings (SSSR count). The van der Waals surface area contributed by atoms with Crippen LogP contribution in [0.1, 0.15) is 0 Å². The van der Waals surface area contributed by atoms with Gasteiger partial charge in [0.1, 0.15) is 44.7 Å². The molecule has 4 aromatic heterocycles. The van der Waals surface area contributed by atoms with E-state index in [2.05, 4.69) is 285 Å². The number of hydrogen-bond acceptors (Lipinski definition) is 4. The fourth-order valence-corrected chi connectivity index (χ4v) is 15.4. The van der Waals surface area contributed by atoms with Crippen molar-refractivity contribution in [2.45, 2.75) is 0 Å². The fraction of sp³-hybridized carbons (Fsp3) is 0. The van der Waals surface area contributed by atoms with Crippen molar-refractivity contribution in [1.82, 2.24) is 0 Å². The molecule has 0 radical (unpaired) electrons. The third-order valence-electron chi connectivity index (χ3n) is 19.5. The highest BCUT2D eigenvalue weighted by Gasteiger charge is 2.25. The zero-order valence-corrected chi connectivity index (χ0v) is 49.5. The van der Waals surface area contributed by atoms with Gasteiger partial charge < -0.3 is 17.7 Å². The summed E-state index contributed by atoms with van der Waals surface area (Å²) >= 11 is 0. The minimum Gasteiger partial charge on any atom is -0.456 e. The maximum atomic E-state index is 7.06. The Kier molecular flexibility index (Phi) is 10.8. The standard InChI is InChI=1S/C88H50O4/c1-2-17-56(18-3-1)81-60-20-4-6-22-62(60)83(63-23-7-5-21-61(63)81)58-45-46-77-74(47-58)86-85-69-28-13-15-32-76(69)90-80(85)49-71(88(86)91-77)55-41-37-53(38-42-55)51-33-35-52(36-34-51)54-39-43-57(44-40-54)82-64-24-8-10-26-66(64)84(67-27-11-9-25-65(67)82)70-30-16-29-68-73-48-72-59-19-12-14-31-75(59)89-78(72)50-79(73)92-87(68)70/h1-50H. The first-order chi connectivity index (χ1) is 45.6. The second-order valence-corrected chi connectivity index (χ2v) is 24.4. The van der Waals surface area contributed by atoms with Crippen LogP contribution in [0.25, 0.3) is 209 Å². The Hall–Kier alpha value is -12.2. The normalized spacial score (nSPS) is 12.1. The molecule has 4 heteroatoms. The van der Waals surface area contributed by atoms with Gasteiger partial charge >= 0.3 is 0 Å². The van der Waals surface area contributed by atoms with E-state index in [0.717, 1.165) is 143 Å². The number of hydrogen-bond donors (Lipinski definition) is 0. The van der Waals surface area contributed by atoms with E-state index in [0.29, 0.717) is 0 Å².